The Kier molecular flexibility index (Phi) is 5.33. The van der Waals surface area contributed by atoms with E-state index in [2.05, 4.69) is 24.3 Å². The SMILES string of the molecule is Cc1ccc(-n2nc(C(C)C)cc2NC(=O)CCCN)cc1. The predicted octanol–water partition coefficient (Wildman–Crippen LogP) is 2.98. The van der Waals surface area contributed by atoms with Gasteiger partial charge in [-0.25, -0.2) is 4.68 Å². The van der Waals surface area contributed by atoms with Crippen LogP contribution in [-0.4, -0.2) is 22.2 Å². The molecule has 0 saturated carbocycles. The van der Waals surface area contributed by atoms with Gasteiger partial charge in [0.05, 0.1) is 11.4 Å². The Hall–Kier alpha value is -2.14. The Morgan fingerprint density at radius 3 is 2.59 bits per heavy atom. The van der Waals surface area contributed by atoms with Crippen molar-refractivity contribution in [1.82, 2.24) is 9.78 Å². The molecule has 0 radical (unpaired) electrons. The number of hydrogen-bond acceptors (Lipinski definition) is 3. The first-order valence-corrected chi connectivity index (χ1v) is 7.68. The van der Waals surface area contributed by atoms with E-state index in [1.807, 2.05) is 37.3 Å². The van der Waals surface area contributed by atoms with Gasteiger partial charge in [0.15, 0.2) is 0 Å². The molecule has 0 atom stereocenters. The smallest absolute Gasteiger partial charge is 0.225 e. The number of aryl methyl sites for hydroxylation is 1. The van der Waals surface area contributed by atoms with Gasteiger partial charge in [0.25, 0.3) is 0 Å². The summed E-state index contributed by atoms with van der Waals surface area (Å²) in [6.45, 7) is 6.73. The first-order valence-electron chi connectivity index (χ1n) is 7.68. The lowest BCUT2D eigenvalue weighted by molar-refractivity contribution is -0.116. The molecule has 0 fully saturated rings. The molecule has 2 aromatic rings. The number of rotatable bonds is 6. The summed E-state index contributed by atoms with van der Waals surface area (Å²) in [5.41, 5.74) is 8.53. The second-order valence-corrected chi connectivity index (χ2v) is 5.80. The molecule has 5 nitrogen and oxygen atoms in total. The van der Waals surface area contributed by atoms with Gasteiger partial charge < -0.3 is 11.1 Å². The molecule has 0 aliphatic rings. The van der Waals surface area contributed by atoms with Crippen LogP contribution in [0, 0.1) is 6.92 Å². The Labute approximate surface area is 131 Å². The van der Waals surface area contributed by atoms with Gasteiger partial charge in [0.1, 0.15) is 5.82 Å². The fourth-order valence-electron chi connectivity index (χ4n) is 2.12. The fourth-order valence-corrected chi connectivity index (χ4v) is 2.12. The summed E-state index contributed by atoms with van der Waals surface area (Å²) in [6, 6.07) is 10.0. The third-order valence-corrected chi connectivity index (χ3v) is 3.47. The van der Waals surface area contributed by atoms with Gasteiger partial charge in [0.2, 0.25) is 5.91 Å². The van der Waals surface area contributed by atoms with Crippen LogP contribution < -0.4 is 11.1 Å². The van der Waals surface area contributed by atoms with Crippen molar-refractivity contribution in [3.8, 4) is 5.69 Å². The number of nitrogens with one attached hydrogen (secondary N) is 1. The van der Waals surface area contributed by atoms with Gasteiger partial charge in [-0.05, 0) is 37.9 Å². The van der Waals surface area contributed by atoms with E-state index >= 15 is 0 Å². The maximum Gasteiger partial charge on any atom is 0.225 e. The highest BCUT2D eigenvalue weighted by Crippen LogP contribution is 2.22. The van der Waals surface area contributed by atoms with E-state index in [0.29, 0.717) is 31.1 Å². The highest BCUT2D eigenvalue weighted by Gasteiger charge is 2.14. The number of amides is 1. The summed E-state index contributed by atoms with van der Waals surface area (Å²) < 4.78 is 1.79. The van der Waals surface area contributed by atoms with Gasteiger partial charge in [-0.2, -0.15) is 5.10 Å². The monoisotopic (exact) mass is 300 g/mol. The van der Waals surface area contributed by atoms with Crippen LogP contribution in [0.15, 0.2) is 30.3 Å². The molecule has 22 heavy (non-hydrogen) atoms. The molecule has 0 bridgehead atoms. The average Bonchev–Trinajstić information content (AvgIpc) is 2.90. The summed E-state index contributed by atoms with van der Waals surface area (Å²) >= 11 is 0. The Morgan fingerprint density at radius 1 is 1.32 bits per heavy atom. The number of carbonyl (C=O) groups excluding carboxylic acids is 1. The van der Waals surface area contributed by atoms with Crippen molar-refractivity contribution in [3.05, 3.63) is 41.6 Å². The minimum atomic E-state index is -0.0333. The molecule has 2 rings (SSSR count). The molecule has 1 heterocycles. The maximum atomic E-state index is 12.0. The van der Waals surface area contributed by atoms with Crippen LogP contribution in [0.25, 0.3) is 5.69 Å². The first kappa shape index (κ1) is 16.2. The minimum Gasteiger partial charge on any atom is -0.330 e. The van der Waals surface area contributed by atoms with Crippen LogP contribution in [-0.2, 0) is 4.79 Å². The largest absolute Gasteiger partial charge is 0.330 e. The molecule has 3 N–H and O–H groups in total. The minimum absolute atomic E-state index is 0.0333. The van der Waals surface area contributed by atoms with E-state index in [4.69, 9.17) is 5.73 Å². The van der Waals surface area contributed by atoms with Crippen molar-refractivity contribution in [3.63, 3.8) is 0 Å². The van der Waals surface area contributed by atoms with Gasteiger partial charge >= 0.3 is 0 Å². The highest BCUT2D eigenvalue weighted by molar-refractivity contribution is 5.90. The summed E-state index contributed by atoms with van der Waals surface area (Å²) in [4.78, 5) is 12.0. The van der Waals surface area contributed by atoms with E-state index in [-0.39, 0.29) is 5.91 Å². The van der Waals surface area contributed by atoms with E-state index in [9.17, 15) is 4.79 Å². The number of hydrogen-bond donors (Lipinski definition) is 2. The average molecular weight is 300 g/mol. The molecular formula is C17H24N4O. The molecule has 0 aliphatic heterocycles. The van der Waals surface area contributed by atoms with Crippen molar-refractivity contribution in [2.45, 2.75) is 39.5 Å². The van der Waals surface area contributed by atoms with Gasteiger partial charge in [-0.1, -0.05) is 31.5 Å². The molecule has 5 heteroatoms. The predicted molar refractivity (Wildman–Crippen MR) is 89.3 cm³/mol. The lowest BCUT2D eigenvalue weighted by atomic mass is 10.1. The standard InChI is InChI=1S/C17H24N4O/c1-12(2)15-11-16(19-17(22)5-4-10-18)21(20-15)14-8-6-13(3)7-9-14/h6-9,11-12H,4-5,10,18H2,1-3H3,(H,19,22). The van der Waals surface area contributed by atoms with Crippen molar-refractivity contribution in [2.75, 3.05) is 11.9 Å². The number of anilines is 1. The second-order valence-electron chi connectivity index (χ2n) is 5.80. The van der Waals surface area contributed by atoms with E-state index < -0.39 is 0 Å². The maximum absolute atomic E-state index is 12.0. The normalized spacial score (nSPS) is 11.0. The van der Waals surface area contributed by atoms with Crippen LogP contribution in [0.1, 0.15) is 43.9 Å². The Morgan fingerprint density at radius 2 is 2.00 bits per heavy atom. The summed E-state index contributed by atoms with van der Waals surface area (Å²) in [5, 5.41) is 7.56. The van der Waals surface area contributed by atoms with E-state index in [0.717, 1.165) is 11.4 Å². The van der Waals surface area contributed by atoms with Crippen LogP contribution in [0.2, 0.25) is 0 Å². The molecule has 1 aromatic carbocycles. The molecule has 0 aliphatic carbocycles. The first-order chi connectivity index (χ1) is 10.5. The second kappa shape index (κ2) is 7.22. The molecular weight excluding hydrogens is 276 g/mol. The number of carbonyl (C=O) groups is 1. The zero-order valence-corrected chi connectivity index (χ0v) is 13.5. The van der Waals surface area contributed by atoms with E-state index in [1.165, 1.54) is 5.56 Å². The lowest BCUT2D eigenvalue weighted by Crippen LogP contribution is -2.16. The zero-order valence-electron chi connectivity index (χ0n) is 13.5. The van der Waals surface area contributed by atoms with Gasteiger partial charge in [0, 0.05) is 12.5 Å². The molecule has 0 unspecified atom stereocenters. The van der Waals surface area contributed by atoms with Gasteiger partial charge in [-0.3, -0.25) is 4.79 Å². The van der Waals surface area contributed by atoms with Crippen LogP contribution in [0.3, 0.4) is 0 Å². The van der Waals surface area contributed by atoms with Gasteiger partial charge in [-0.15, -0.1) is 0 Å². The summed E-state index contributed by atoms with van der Waals surface area (Å²) in [6.07, 6.45) is 1.11. The molecule has 118 valence electrons. The van der Waals surface area contributed by atoms with Crippen molar-refractivity contribution >= 4 is 11.7 Å². The zero-order chi connectivity index (χ0) is 16.1. The Balaban J connectivity index is 2.30. The Bertz CT molecular complexity index is 629. The topological polar surface area (TPSA) is 72.9 Å². The van der Waals surface area contributed by atoms with Crippen molar-refractivity contribution in [2.24, 2.45) is 5.73 Å². The van der Waals surface area contributed by atoms with Crippen molar-refractivity contribution in [1.29, 1.82) is 0 Å². The third kappa shape index (κ3) is 3.95. The van der Waals surface area contributed by atoms with Crippen LogP contribution in [0.4, 0.5) is 5.82 Å². The molecule has 1 aromatic heterocycles. The molecule has 0 spiro atoms. The quantitative estimate of drug-likeness (QED) is 0.861. The third-order valence-electron chi connectivity index (χ3n) is 3.47. The molecule has 0 saturated heterocycles. The number of nitrogens with two attached hydrogens (primary N) is 1. The van der Waals surface area contributed by atoms with Crippen LogP contribution >= 0.6 is 0 Å². The summed E-state index contributed by atoms with van der Waals surface area (Å²) in [5.74, 6) is 0.968. The fraction of sp³-hybridized carbons (Fsp3) is 0.412. The van der Waals surface area contributed by atoms with Crippen molar-refractivity contribution < 1.29 is 4.79 Å². The number of benzene rings is 1. The lowest BCUT2D eigenvalue weighted by Gasteiger charge is -2.09. The summed E-state index contributed by atoms with van der Waals surface area (Å²) in [7, 11) is 0. The van der Waals surface area contributed by atoms with E-state index in [1.54, 1.807) is 4.68 Å². The van der Waals surface area contributed by atoms with Crippen LogP contribution in [0.5, 0.6) is 0 Å². The number of aromatic nitrogens is 2. The highest BCUT2D eigenvalue weighted by atomic mass is 16.1. The number of nitrogens with zero attached hydrogens (tertiary/aromatic N) is 2. The molecule has 1 amide bonds.